The second-order valence-corrected chi connectivity index (χ2v) is 6.15. The van der Waals surface area contributed by atoms with Crippen LogP contribution in [0.15, 0.2) is 51.9 Å². The molecule has 24 heavy (non-hydrogen) atoms. The summed E-state index contributed by atoms with van der Waals surface area (Å²) in [7, 11) is 3.22. The van der Waals surface area contributed by atoms with Crippen molar-refractivity contribution in [2.75, 3.05) is 14.2 Å². The van der Waals surface area contributed by atoms with Crippen LogP contribution in [0.2, 0.25) is 0 Å². The number of thioether (sulfide) groups is 1. The number of nitrogens with zero attached hydrogens (tertiary/aromatic N) is 2. The summed E-state index contributed by atoms with van der Waals surface area (Å²) >= 11 is 1.68. The van der Waals surface area contributed by atoms with Gasteiger partial charge in [-0.1, -0.05) is 23.4 Å². The Hall–Kier alpha value is -2.47. The standard InChI is InChI=1S/C18H18N2O3S/c1-12-6-4-5-7-16(12)24-11-17-19-18(20-23-17)14-9-8-13(21-2)10-15(14)22-3/h4-10H,11H2,1-3H3. The van der Waals surface area contributed by atoms with Crippen LogP contribution in [0.5, 0.6) is 11.5 Å². The van der Waals surface area contributed by atoms with Gasteiger partial charge in [0, 0.05) is 11.0 Å². The Morgan fingerprint density at radius 2 is 1.92 bits per heavy atom. The first-order valence-electron chi connectivity index (χ1n) is 7.44. The number of hydrogen-bond donors (Lipinski definition) is 0. The fourth-order valence-corrected chi connectivity index (χ4v) is 3.13. The molecule has 0 fully saturated rings. The second kappa shape index (κ2) is 7.40. The number of ether oxygens (including phenoxy) is 2. The van der Waals surface area contributed by atoms with Crippen LogP contribution >= 0.6 is 11.8 Å². The molecule has 3 rings (SSSR count). The number of benzene rings is 2. The summed E-state index contributed by atoms with van der Waals surface area (Å²) < 4.78 is 16.0. The van der Waals surface area contributed by atoms with Crippen molar-refractivity contribution in [3.8, 4) is 22.9 Å². The predicted octanol–water partition coefficient (Wildman–Crippen LogP) is 4.35. The lowest BCUT2D eigenvalue weighted by molar-refractivity contribution is 0.388. The van der Waals surface area contributed by atoms with E-state index in [4.69, 9.17) is 14.0 Å². The van der Waals surface area contributed by atoms with E-state index >= 15 is 0 Å². The molecule has 2 aromatic carbocycles. The molecule has 0 saturated carbocycles. The summed E-state index contributed by atoms with van der Waals surface area (Å²) in [5, 5.41) is 4.06. The van der Waals surface area contributed by atoms with Gasteiger partial charge in [-0.15, -0.1) is 11.8 Å². The highest BCUT2D eigenvalue weighted by atomic mass is 32.2. The molecule has 0 bridgehead atoms. The zero-order chi connectivity index (χ0) is 16.9. The SMILES string of the molecule is COc1ccc(-c2noc(CSc3ccccc3C)n2)c(OC)c1. The van der Waals surface area contributed by atoms with Crippen molar-refractivity contribution in [1.82, 2.24) is 10.1 Å². The first-order valence-corrected chi connectivity index (χ1v) is 8.43. The molecule has 5 nitrogen and oxygen atoms in total. The minimum Gasteiger partial charge on any atom is -0.497 e. The molecule has 124 valence electrons. The van der Waals surface area contributed by atoms with Crippen molar-refractivity contribution in [3.05, 3.63) is 53.9 Å². The Morgan fingerprint density at radius 1 is 1.08 bits per heavy atom. The highest BCUT2D eigenvalue weighted by Gasteiger charge is 2.14. The smallest absolute Gasteiger partial charge is 0.237 e. The number of aryl methyl sites for hydroxylation is 1. The molecule has 0 amide bonds. The van der Waals surface area contributed by atoms with E-state index < -0.39 is 0 Å². The van der Waals surface area contributed by atoms with Crippen molar-refractivity contribution in [2.45, 2.75) is 17.6 Å². The molecule has 0 radical (unpaired) electrons. The molecule has 0 unspecified atom stereocenters. The van der Waals surface area contributed by atoms with Gasteiger partial charge in [-0.05, 0) is 30.7 Å². The third kappa shape index (κ3) is 3.54. The Bertz CT molecular complexity index is 833. The Balaban J connectivity index is 1.77. The quantitative estimate of drug-likeness (QED) is 0.621. The molecule has 1 aromatic heterocycles. The van der Waals surface area contributed by atoms with Gasteiger partial charge in [-0.3, -0.25) is 0 Å². The van der Waals surface area contributed by atoms with Crippen molar-refractivity contribution in [2.24, 2.45) is 0 Å². The lowest BCUT2D eigenvalue weighted by Crippen LogP contribution is -1.91. The second-order valence-electron chi connectivity index (χ2n) is 5.13. The lowest BCUT2D eigenvalue weighted by atomic mass is 10.2. The normalized spacial score (nSPS) is 10.6. The molecular formula is C18H18N2O3S. The summed E-state index contributed by atoms with van der Waals surface area (Å²) in [6.45, 7) is 2.09. The minimum atomic E-state index is 0.509. The van der Waals surface area contributed by atoms with Gasteiger partial charge >= 0.3 is 0 Å². The van der Waals surface area contributed by atoms with Crippen molar-refractivity contribution in [3.63, 3.8) is 0 Å². The Labute approximate surface area is 145 Å². The molecule has 0 aliphatic carbocycles. The predicted molar refractivity (Wildman–Crippen MR) is 93.6 cm³/mol. The van der Waals surface area contributed by atoms with Gasteiger partial charge in [0.05, 0.1) is 25.5 Å². The topological polar surface area (TPSA) is 57.4 Å². The van der Waals surface area contributed by atoms with Gasteiger partial charge < -0.3 is 14.0 Å². The van der Waals surface area contributed by atoms with Crippen LogP contribution in [-0.4, -0.2) is 24.4 Å². The minimum absolute atomic E-state index is 0.509. The van der Waals surface area contributed by atoms with Crippen LogP contribution in [-0.2, 0) is 5.75 Å². The maximum absolute atomic E-state index is 5.39. The first-order chi connectivity index (χ1) is 11.7. The van der Waals surface area contributed by atoms with Crippen LogP contribution in [0.4, 0.5) is 0 Å². The molecule has 0 N–H and O–H groups in total. The van der Waals surface area contributed by atoms with Gasteiger partial charge in [0.1, 0.15) is 11.5 Å². The maximum Gasteiger partial charge on any atom is 0.237 e. The summed E-state index contributed by atoms with van der Waals surface area (Å²) in [4.78, 5) is 5.68. The van der Waals surface area contributed by atoms with Gasteiger partial charge in [0.2, 0.25) is 11.7 Å². The monoisotopic (exact) mass is 342 g/mol. The molecule has 3 aromatic rings. The fourth-order valence-electron chi connectivity index (χ4n) is 2.26. The van der Waals surface area contributed by atoms with E-state index in [9.17, 15) is 0 Å². The van der Waals surface area contributed by atoms with Crippen LogP contribution < -0.4 is 9.47 Å². The van der Waals surface area contributed by atoms with E-state index in [-0.39, 0.29) is 0 Å². The molecule has 0 saturated heterocycles. The zero-order valence-corrected chi connectivity index (χ0v) is 14.6. The van der Waals surface area contributed by atoms with Crippen LogP contribution in [0.1, 0.15) is 11.5 Å². The molecule has 0 spiro atoms. The van der Waals surface area contributed by atoms with Crippen LogP contribution in [0.25, 0.3) is 11.4 Å². The first kappa shape index (κ1) is 16.4. The zero-order valence-electron chi connectivity index (χ0n) is 13.8. The number of methoxy groups -OCH3 is 2. The van der Waals surface area contributed by atoms with E-state index in [1.807, 2.05) is 24.3 Å². The third-order valence-electron chi connectivity index (χ3n) is 3.56. The number of rotatable bonds is 6. The van der Waals surface area contributed by atoms with E-state index in [0.717, 1.165) is 11.3 Å². The lowest BCUT2D eigenvalue weighted by Gasteiger charge is -2.07. The number of hydrogen-bond acceptors (Lipinski definition) is 6. The summed E-state index contributed by atoms with van der Waals surface area (Å²) in [6.07, 6.45) is 0. The Kier molecular flexibility index (Phi) is 5.05. The van der Waals surface area contributed by atoms with Crippen molar-refractivity contribution in [1.29, 1.82) is 0 Å². The molecule has 1 heterocycles. The highest BCUT2D eigenvalue weighted by molar-refractivity contribution is 7.98. The molecular weight excluding hydrogens is 324 g/mol. The maximum atomic E-state index is 5.39. The molecule has 0 aliphatic rings. The summed E-state index contributed by atoms with van der Waals surface area (Å²) in [5.74, 6) is 3.07. The summed E-state index contributed by atoms with van der Waals surface area (Å²) in [6, 6.07) is 13.7. The van der Waals surface area contributed by atoms with E-state index in [1.165, 1.54) is 10.5 Å². The van der Waals surface area contributed by atoms with Crippen LogP contribution in [0.3, 0.4) is 0 Å². The number of aromatic nitrogens is 2. The van der Waals surface area contributed by atoms with Gasteiger partial charge in [-0.2, -0.15) is 4.98 Å². The fraction of sp³-hybridized carbons (Fsp3) is 0.222. The molecule has 0 atom stereocenters. The third-order valence-corrected chi connectivity index (χ3v) is 4.72. The molecule has 6 heteroatoms. The van der Waals surface area contributed by atoms with Gasteiger partial charge in [-0.25, -0.2) is 0 Å². The molecule has 0 aliphatic heterocycles. The van der Waals surface area contributed by atoms with Crippen LogP contribution in [0, 0.1) is 6.92 Å². The highest BCUT2D eigenvalue weighted by Crippen LogP contribution is 2.32. The Morgan fingerprint density at radius 3 is 2.67 bits per heavy atom. The summed E-state index contributed by atoms with van der Waals surface area (Å²) in [5.41, 5.74) is 2.01. The van der Waals surface area contributed by atoms with E-state index in [2.05, 4.69) is 29.2 Å². The van der Waals surface area contributed by atoms with Crippen molar-refractivity contribution >= 4 is 11.8 Å². The van der Waals surface area contributed by atoms with Gasteiger partial charge in [0.15, 0.2) is 0 Å². The average Bonchev–Trinajstić information content (AvgIpc) is 3.09. The van der Waals surface area contributed by atoms with E-state index in [0.29, 0.717) is 23.2 Å². The average molecular weight is 342 g/mol. The van der Waals surface area contributed by atoms with Gasteiger partial charge in [0.25, 0.3) is 0 Å². The largest absolute Gasteiger partial charge is 0.497 e. The van der Waals surface area contributed by atoms with Crippen molar-refractivity contribution < 1.29 is 14.0 Å². The van der Waals surface area contributed by atoms with E-state index in [1.54, 1.807) is 32.0 Å².